The van der Waals surface area contributed by atoms with Crippen molar-refractivity contribution in [2.75, 3.05) is 4.90 Å². The van der Waals surface area contributed by atoms with Crippen molar-refractivity contribution in [3.8, 4) is 5.75 Å². The van der Waals surface area contributed by atoms with Gasteiger partial charge in [-0.05, 0) is 30.3 Å². The number of ether oxygens (including phenoxy) is 1. The minimum absolute atomic E-state index is 0.272. The molecule has 108 valence electrons. The minimum Gasteiger partial charge on any atom is -0.472 e. The zero-order chi connectivity index (χ0) is 15.4. The summed E-state index contributed by atoms with van der Waals surface area (Å²) in [4.78, 5) is 35.9. The molecule has 21 heavy (non-hydrogen) atoms. The van der Waals surface area contributed by atoms with Crippen molar-refractivity contribution in [1.82, 2.24) is 0 Å². The van der Waals surface area contributed by atoms with E-state index < -0.39 is 17.8 Å². The Morgan fingerprint density at radius 3 is 2.19 bits per heavy atom. The average molecular weight is 287 g/mol. The molecule has 0 bridgehead atoms. The largest absolute Gasteiger partial charge is 0.472 e. The number of carbonyl (C=O) groups excluding carboxylic acids is 3. The zero-order valence-corrected chi connectivity index (χ0v) is 11.5. The third-order valence-corrected chi connectivity index (χ3v) is 2.64. The van der Waals surface area contributed by atoms with Crippen LogP contribution in [0.4, 0.5) is 5.69 Å². The highest BCUT2D eigenvalue weighted by Gasteiger charge is 2.22. The number of nitrogens with zero attached hydrogens (tertiary/aromatic N) is 1. The number of furan rings is 1. The summed E-state index contributed by atoms with van der Waals surface area (Å²) in [5.74, 6) is -1.02. The predicted octanol–water partition coefficient (Wildman–Crippen LogP) is 2.40. The Hall–Kier alpha value is -2.89. The van der Waals surface area contributed by atoms with Crippen LogP contribution in [0.1, 0.15) is 24.2 Å². The quantitative estimate of drug-likeness (QED) is 0.640. The fourth-order valence-corrected chi connectivity index (χ4v) is 1.79. The molecule has 2 aromatic rings. The second-order valence-electron chi connectivity index (χ2n) is 4.26. The number of amides is 2. The molecule has 6 heteroatoms. The maximum atomic E-state index is 12.3. The van der Waals surface area contributed by atoms with E-state index in [9.17, 15) is 14.4 Å². The van der Waals surface area contributed by atoms with E-state index >= 15 is 0 Å². The van der Waals surface area contributed by atoms with Crippen molar-refractivity contribution in [3.05, 3.63) is 48.4 Å². The van der Waals surface area contributed by atoms with Crippen LogP contribution in [-0.4, -0.2) is 17.8 Å². The summed E-state index contributed by atoms with van der Waals surface area (Å²) in [7, 11) is 0. The second-order valence-corrected chi connectivity index (χ2v) is 4.26. The first-order chi connectivity index (χ1) is 9.99. The summed E-state index contributed by atoms with van der Waals surface area (Å²) in [5, 5.41) is 0. The Morgan fingerprint density at radius 2 is 1.71 bits per heavy atom. The second kappa shape index (κ2) is 6.04. The molecule has 0 fully saturated rings. The number of benzene rings is 1. The molecular weight excluding hydrogens is 274 g/mol. The van der Waals surface area contributed by atoms with Gasteiger partial charge in [0.15, 0.2) is 0 Å². The normalized spacial score (nSPS) is 10.0. The number of rotatable bonds is 3. The molecule has 0 aliphatic rings. The molecule has 1 heterocycles. The molecule has 0 spiro atoms. The van der Waals surface area contributed by atoms with Gasteiger partial charge in [0.2, 0.25) is 5.91 Å². The lowest BCUT2D eigenvalue weighted by molar-refractivity contribution is -0.131. The number of carbonyl (C=O) groups is 3. The molecule has 1 aromatic carbocycles. The molecule has 0 saturated carbocycles. The van der Waals surface area contributed by atoms with Crippen LogP contribution in [0, 0.1) is 0 Å². The Kier molecular flexibility index (Phi) is 4.18. The van der Waals surface area contributed by atoms with Gasteiger partial charge in [-0.15, -0.1) is 0 Å². The van der Waals surface area contributed by atoms with Gasteiger partial charge in [-0.25, -0.2) is 4.90 Å². The highest BCUT2D eigenvalue weighted by Crippen LogP contribution is 2.22. The van der Waals surface area contributed by atoms with Gasteiger partial charge < -0.3 is 9.15 Å². The maximum Gasteiger partial charge on any atom is 0.308 e. The summed E-state index contributed by atoms with van der Waals surface area (Å²) in [6.07, 6.45) is 2.63. The van der Waals surface area contributed by atoms with Crippen LogP contribution in [0.3, 0.4) is 0 Å². The standard InChI is InChI=1S/C15H13NO5/c1-10(17)16(15(19)12-7-8-20-9-12)13-3-5-14(6-4-13)21-11(2)18/h3-9H,1-2H3. The van der Waals surface area contributed by atoms with Gasteiger partial charge in [0.25, 0.3) is 5.91 Å². The third kappa shape index (κ3) is 3.36. The van der Waals surface area contributed by atoms with E-state index in [1.165, 1.54) is 56.7 Å². The number of hydrogen-bond donors (Lipinski definition) is 0. The average Bonchev–Trinajstić information content (AvgIpc) is 2.94. The van der Waals surface area contributed by atoms with E-state index in [2.05, 4.69) is 0 Å². The molecule has 0 saturated heterocycles. The molecule has 0 aliphatic carbocycles. The fourth-order valence-electron chi connectivity index (χ4n) is 1.79. The molecule has 6 nitrogen and oxygen atoms in total. The number of anilines is 1. The van der Waals surface area contributed by atoms with E-state index in [1.54, 1.807) is 0 Å². The predicted molar refractivity (Wildman–Crippen MR) is 73.9 cm³/mol. The first-order valence-electron chi connectivity index (χ1n) is 6.14. The molecule has 1 aromatic heterocycles. The highest BCUT2D eigenvalue weighted by molar-refractivity contribution is 6.20. The van der Waals surface area contributed by atoms with E-state index in [4.69, 9.17) is 9.15 Å². The van der Waals surface area contributed by atoms with Gasteiger partial charge in [0.1, 0.15) is 12.0 Å². The SMILES string of the molecule is CC(=O)Oc1ccc(N(C(C)=O)C(=O)c2ccoc2)cc1. The Balaban J connectivity index is 2.28. The Morgan fingerprint density at radius 1 is 1.05 bits per heavy atom. The maximum absolute atomic E-state index is 12.3. The number of hydrogen-bond acceptors (Lipinski definition) is 5. The van der Waals surface area contributed by atoms with E-state index in [-0.39, 0.29) is 5.56 Å². The zero-order valence-electron chi connectivity index (χ0n) is 11.5. The lowest BCUT2D eigenvalue weighted by Gasteiger charge is -2.18. The van der Waals surface area contributed by atoms with Gasteiger partial charge >= 0.3 is 5.97 Å². The van der Waals surface area contributed by atoms with Crippen molar-refractivity contribution < 1.29 is 23.5 Å². The Bertz CT molecular complexity index is 658. The van der Waals surface area contributed by atoms with Crippen molar-refractivity contribution >= 4 is 23.5 Å². The van der Waals surface area contributed by atoms with Gasteiger partial charge in [0.05, 0.1) is 17.5 Å². The number of imide groups is 1. The molecule has 2 amide bonds. The summed E-state index contributed by atoms with van der Waals surface area (Å²) < 4.78 is 9.75. The molecule has 0 atom stereocenters. The van der Waals surface area contributed by atoms with Crippen molar-refractivity contribution in [3.63, 3.8) is 0 Å². The highest BCUT2D eigenvalue weighted by atomic mass is 16.5. The minimum atomic E-state index is -0.489. The van der Waals surface area contributed by atoms with Crippen LogP contribution in [0.2, 0.25) is 0 Å². The van der Waals surface area contributed by atoms with Crippen LogP contribution in [0.5, 0.6) is 5.75 Å². The van der Waals surface area contributed by atoms with Crippen LogP contribution in [0.15, 0.2) is 47.3 Å². The van der Waals surface area contributed by atoms with Gasteiger partial charge in [-0.1, -0.05) is 0 Å². The molecule has 0 aliphatic heterocycles. The lowest BCUT2D eigenvalue weighted by atomic mass is 10.2. The molecule has 0 unspecified atom stereocenters. The van der Waals surface area contributed by atoms with E-state index in [0.29, 0.717) is 11.4 Å². The Labute approximate surface area is 120 Å². The van der Waals surface area contributed by atoms with Gasteiger partial charge in [0, 0.05) is 13.8 Å². The van der Waals surface area contributed by atoms with Crippen LogP contribution in [0.25, 0.3) is 0 Å². The van der Waals surface area contributed by atoms with Crippen LogP contribution in [-0.2, 0) is 9.59 Å². The van der Waals surface area contributed by atoms with Crippen molar-refractivity contribution in [2.45, 2.75) is 13.8 Å². The van der Waals surface area contributed by atoms with Crippen LogP contribution >= 0.6 is 0 Å². The van der Waals surface area contributed by atoms with Gasteiger partial charge in [-0.2, -0.15) is 0 Å². The molecule has 0 radical (unpaired) electrons. The van der Waals surface area contributed by atoms with E-state index in [1.807, 2.05) is 0 Å². The lowest BCUT2D eigenvalue weighted by Crippen LogP contribution is -2.34. The number of esters is 1. The topological polar surface area (TPSA) is 76.8 Å². The van der Waals surface area contributed by atoms with E-state index in [0.717, 1.165) is 4.90 Å². The molecule has 0 N–H and O–H groups in total. The third-order valence-electron chi connectivity index (χ3n) is 2.64. The summed E-state index contributed by atoms with van der Waals surface area (Å²) >= 11 is 0. The van der Waals surface area contributed by atoms with Crippen LogP contribution < -0.4 is 9.64 Å². The first kappa shape index (κ1) is 14.5. The van der Waals surface area contributed by atoms with Crippen molar-refractivity contribution in [1.29, 1.82) is 0 Å². The monoisotopic (exact) mass is 287 g/mol. The summed E-state index contributed by atoms with van der Waals surface area (Å²) in [6, 6.07) is 7.55. The summed E-state index contributed by atoms with van der Waals surface area (Å²) in [6.45, 7) is 2.58. The first-order valence-corrected chi connectivity index (χ1v) is 6.14. The molecule has 2 rings (SSSR count). The van der Waals surface area contributed by atoms with Crippen molar-refractivity contribution in [2.24, 2.45) is 0 Å². The summed E-state index contributed by atoms with van der Waals surface area (Å²) in [5.41, 5.74) is 0.652. The molecular formula is C15H13NO5. The van der Waals surface area contributed by atoms with Gasteiger partial charge in [-0.3, -0.25) is 14.4 Å². The fraction of sp³-hybridized carbons (Fsp3) is 0.133. The smallest absolute Gasteiger partial charge is 0.308 e.